The summed E-state index contributed by atoms with van der Waals surface area (Å²) in [6, 6.07) is 2.10. The van der Waals surface area contributed by atoms with Gasteiger partial charge in [-0.3, -0.25) is 9.55 Å². The fraction of sp³-hybridized carbons (Fsp3) is 0.385. The van der Waals surface area contributed by atoms with E-state index in [1.54, 1.807) is 0 Å². The summed E-state index contributed by atoms with van der Waals surface area (Å²) in [7, 11) is 1.95. The lowest BCUT2D eigenvalue weighted by Gasteiger charge is -2.25. The Hall–Kier alpha value is -1.68. The van der Waals surface area contributed by atoms with E-state index >= 15 is 0 Å². The number of hydrogen-bond acceptors (Lipinski definition) is 3. The highest BCUT2D eigenvalue weighted by molar-refractivity contribution is 5.35. The van der Waals surface area contributed by atoms with Gasteiger partial charge in [0.05, 0.1) is 35.6 Å². The van der Waals surface area contributed by atoms with Crippen LogP contribution in [0.15, 0.2) is 31.0 Å². The number of hydrogen-bond donors (Lipinski definition) is 1. The van der Waals surface area contributed by atoms with E-state index in [0.29, 0.717) is 0 Å². The molecule has 1 N–H and O–H groups in total. The van der Waals surface area contributed by atoms with Gasteiger partial charge in [0.15, 0.2) is 0 Å². The third-order valence-corrected chi connectivity index (χ3v) is 3.04. The van der Waals surface area contributed by atoms with Crippen LogP contribution in [-0.4, -0.2) is 21.6 Å². The Morgan fingerprint density at radius 1 is 1.18 bits per heavy atom. The molecule has 2 heterocycles. The Bertz CT molecular complexity index is 514. The van der Waals surface area contributed by atoms with Crippen LogP contribution in [0.2, 0.25) is 0 Å². The Morgan fingerprint density at radius 3 is 2.59 bits per heavy atom. The molecule has 2 rings (SSSR count). The Morgan fingerprint density at radius 2 is 1.94 bits per heavy atom. The zero-order valence-electron chi connectivity index (χ0n) is 10.7. The maximum absolute atomic E-state index is 4.24. The van der Waals surface area contributed by atoms with Gasteiger partial charge < -0.3 is 5.32 Å². The zero-order valence-corrected chi connectivity index (χ0v) is 10.7. The fourth-order valence-corrected chi connectivity index (χ4v) is 1.76. The predicted molar refractivity (Wildman–Crippen MR) is 68.2 cm³/mol. The number of imidazole rings is 1. The van der Waals surface area contributed by atoms with Crippen molar-refractivity contribution < 1.29 is 0 Å². The first kappa shape index (κ1) is 11.8. The van der Waals surface area contributed by atoms with Gasteiger partial charge in [0, 0.05) is 6.20 Å². The van der Waals surface area contributed by atoms with E-state index in [-0.39, 0.29) is 5.54 Å². The monoisotopic (exact) mass is 230 g/mol. The summed E-state index contributed by atoms with van der Waals surface area (Å²) in [5.74, 6) is 0. The predicted octanol–water partition coefficient (Wildman–Crippen LogP) is 2.03. The third kappa shape index (κ3) is 2.22. The molecule has 0 amide bonds. The molecule has 0 aliphatic heterocycles. The molecule has 0 saturated heterocycles. The number of nitrogens with one attached hydrogen (secondary N) is 1. The summed E-state index contributed by atoms with van der Waals surface area (Å²) in [5.41, 5.74) is 3.18. The lowest BCUT2D eigenvalue weighted by atomic mass is 10.0. The molecule has 0 unspecified atom stereocenters. The largest absolute Gasteiger partial charge is 0.310 e. The minimum Gasteiger partial charge on any atom is -0.310 e. The molecule has 0 saturated carbocycles. The van der Waals surface area contributed by atoms with Gasteiger partial charge >= 0.3 is 0 Å². The number of rotatable bonds is 3. The van der Waals surface area contributed by atoms with Gasteiger partial charge in [-0.2, -0.15) is 0 Å². The van der Waals surface area contributed by atoms with Crippen molar-refractivity contribution in [1.82, 2.24) is 19.9 Å². The quantitative estimate of drug-likeness (QED) is 0.877. The molecule has 4 heteroatoms. The molecular weight excluding hydrogens is 212 g/mol. The normalized spacial score (nSPS) is 11.8. The average molecular weight is 230 g/mol. The van der Waals surface area contributed by atoms with E-state index in [2.05, 4.69) is 39.8 Å². The molecule has 90 valence electrons. The van der Waals surface area contributed by atoms with Gasteiger partial charge in [-0.15, -0.1) is 0 Å². The molecule has 17 heavy (non-hydrogen) atoms. The van der Waals surface area contributed by atoms with E-state index in [9.17, 15) is 0 Å². The highest BCUT2D eigenvalue weighted by atomic mass is 15.1. The third-order valence-electron chi connectivity index (χ3n) is 3.04. The summed E-state index contributed by atoms with van der Waals surface area (Å²) in [4.78, 5) is 8.46. The minimum atomic E-state index is -0.125. The van der Waals surface area contributed by atoms with Crippen LogP contribution in [0.5, 0.6) is 0 Å². The lowest BCUT2D eigenvalue weighted by Crippen LogP contribution is -2.35. The summed E-state index contributed by atoms with van der Waals surface area (Å²) < 4.78 is 2.07. The van der Waals surface area contributed by atoms with Crippen molar-refractivity contribution in [2.75, 3.05) is 7.05 Å². The Balaban J connectivity index is 2.51. The molecule has 2 aromatic rings. The number of aryl methyl sites for hydroxylation is 1. The molecule has 0 bridgehead atoms. The second kappa shape index (κ2) is 4.30. The van der Waals surface area contributed by atoms with Crippen LogP contribution >= 0.6 is 0 Å². The van der Waals surface area contributed by atoms with Crippen molar-refractivity contribution in [2.24, 2.45) is 0 Å². The standard InChI is InChI=1S/C13H18N4/c1-10-5-11(7-15-6-10)17-9-16-8-12(17)13(2,3)14-4/h5-9,14H,1-4H3. The van der Waals surface area contributed by atoms with Crippen molar-refractivity contribution in [3.8, 4) is 5.69 Å². The van der Waals surface area contributed by atoms with E-state index in [0.717, 1.165) is 16.9 Å². The Kier molecular flexibility index (Phi) is 2.98. The van der Waals surface area contributed by atoms with E-state index in [1.807, 2.05) is 38.9 Å². The summed E-state index contributed by atoms with van der Waals surface area (Å²) >= 11 is 0. The SMILES string of the molecule is CNC(C)(C)c1cncn1-c1cncc(C)c1. The second-order valence-electron chi connectivity index (χ2n) is 4.74. The fourth-order valence-electron chi connectivity index (χ4n) is 1.76. The van der Waals surface area contributed by atoms with Gasteiger partial charge in [0.2, 0.25) is 0 Å². The lowest BCUT2D eigenvalue weighted by molar-refractivity contribution is 0.424. The van der Waals surface area contributed by atoms with E-state index in [1.165, 1.54) is 0 Å². The van der Waals surface area contributed by atoms with E-state index < -0.39 is 0 Å². The molecule has 2 aromatic heterocycles. The van der Waals surface area contributed by atoms with Gasteiger partial charge in [0.25, 0.3) is 0 Å². The van der Waals surface area contributed by atoms with Crippen molar-refractivity contribution in [3.63, 3.8) is 0 Å². The van der Waals surface area contributed by atoms with Crippen LogP contribution in [-0.2, 0) is 5.54 Å². The summed E-state index contributed by atoms with van der Waals surface area (Å²) in [6.45, 7) is 6.30. The maximum atomic E-state index is 4.24. The second-order valence-corrected chi connectivity index (χ2v) is 4.74. The smallest absolute Gasteiger partial charge is 0.0995 e. The number of aromatic nitrogens is 3. The number of pyridine rings is 1. The molecule has 0 aliphatic carbocycles. The van der Waals surface area contributed by atoms with Crippen LogP contribution in [0.1, 0.15) is 25.1 Å². The minimum absolute atomic E-state index is 0.125. The highest BCUT2D eigenvalue weighted by Gasteiger charge is 2.22. The van der Waals surface area contributed by atoms with Crippen LogP contribution in [0, 0.1) is 6.92 Å². The number of nitrogens with zero attached hydrogens (tertiary/aromatic N) is 3. The average Bonchev–Trinajstić information content (AvgIpc) is 2.78. The van der Waals surface area contributed by atoms with Gasteiger partial charge in [-0.1, -0.05) is 0 Å². The summed E-state index contributed by atoms with van der Waals surface area (Å²) in [5, 5.41) is 3.29. The summed E-state index contributed by atoms with van der Waals surface area (Å²) in [6.07, 6.45) is 7.41. The molecule has 0 spiro atoms. The van der Waals surface area contributed by atoms with Crippen molar-refractivity contribution in [3.05, 3.63) is 42.2 Å². The molecule has 0 aromatic carbocycles. The van der Waals surface area contributed by atoms with Crippen LogP contribution in [0.3, 0.4) is 0 Å². The van der Waals surface area contributed by atoms with E-state index in [4.69, 9.17) is 0 Å². The first-order chi connectivity index (χ1) is 8.04. The molecule has 4 nitrogen and oxygen atoms in total. The van der Waals surface area contributed by atoms with Gasteiger partial charge in [-0.05, 0) is 39.4 Å². The van der Waals surface area contributed by atoms with Crippen LogP contribution < -0.4 is 5.32 Å². The maximum Gasteiger partial charge on any atom is 0.0995 e. The van der Waals surface area contributed by atoms with Crippen molar-refractivity contribution >= 4 is 0 Å². The molecule has 0 atom stereocenters. The first-order valence-electron chi connectivity index (χ1n) is 5.68. The van der Waals surface area contributed by atoms with Gasteiger partial charge in [0.1, 0.15) is 0 Å². The van der Waals surface area contributed by atoms with Gasteiger partial charge in [-0.25, -0.2) is 4.98 Å². The Labute approximate surface area is 102 Å². The molecule has 0 radical (unpaired) electrons. The molecule has 0 fully saturated rings. The van der Waals surface area contributed by atoms with Crippen LogP contribution in [0.25, 0.3) is 5.69 Å². The molecule has 0 aliphatic rings. The van der Waals surface area contributed by atoms with Crippen molar-refractivity contribution in [1.29, 1.82) is 0 Å². The molecular formula is C13H18N4. The van der Waals surface area contributed by atoms with Crippen molar-refractivity contribution in [2.45, 2.75) is 26.3 Å². The highest BCUT2D eigenvalue weighted by Crippen LogP contribution is 2.22. The van der Waals surface area contributed by atoms with Crippen LogP contribution in [0.4, 0.5) is 0 Å². The zero-order chi connectivity index (χ0) is 12.5. The first-order valence-corrected chi connectivity index (χ1v) is 5.68. The topological polar surface area (TPSA) is 42.7 Å².